The van der Waals surface area contributed by atoms with Gasteiger partial charge in [0.2, 0.25) is 0 Å². The molecule has 0 bridgehead atoms. The number of rotatable bonds is 3. The lowest BCUT2D eigenvalue weighted by Crippen LogP contribution is -2.01. The summed E-state index contributed by atoms with van der Waals surface area (Å²) in [6.45, 7) is 6.96. The Morgan fingerprint density at radius 3 is 2.19 bits per heavy atom. The van der Waals surface area contributed by atoms with E-state index in [2.05, 4.69) is 44.7 Å². The van der Waals surface area contributed by atoms with Gasteiger partial charge in [0.05, 0.1) is 5.88 Å². The molecule has 1 nitrogen and oxygen atoms in total. The highest BCUT2D eigenvalue weighted by atomic mass is 35.5. The molecule has 0 aliphatic carbocycles. The Balaban J connectivity index is 2.07. The molecule has 0 fully saturated rings. The standard InChI is InChI=1S/C19H19ClO/c1-14-11-15(2)19(16(3)12-14)13-21-18-8-6-17(7-9-18)5-4-10-20/h6-9,11-12H,10,13H2,1-3H3. The molecule has 0 saturated heterocycles. The van der Waals surface area contributed by atoms with Crippen molar-refractivity contribution in [3.63, 3.8) is 0 Å². The SMILES string of the molecule is Cc1cc(C)c(COc2ccc(C#CCCl)cc2)c(C)c1. The van der Waals surface area contributed by atoms with Gasteiger partial charge in [-0.1, -0.05) is 29.5 Å². The van der Waals surface area contributed by atoms with E-state index in [0.29, 0.717) is 12.5 Å². The van der Waals surface area contributed by atoms with Crippen molar-refractivity contribution in [2.45, 2.75) is 27.4 Å². The lowest BCUT2D eigenvalue weighted by molar-refractivity contribution is 0.304. The van der Waals surface area contributed by atoms with E-state index in [1.807, 2.05) is 24.3 Å². The minimum Gasteiger partial charge on any atom is -0.489 e. The number of ether oxygens (including phenoxy) is 1. The number of hydrogen-bond donors (Lipinski definition) is 0. The molecule has 0 saturated carbocycles. The number of halogens is 1. The Labute approximate surface area is 131 Å². The van der Waals surface area contributed by atoms with Crippen LogP contribution in [0.25, 0.3) is 0 Å². The van der Waals surface area contributed by atoms with Crippen LogP contribution in [0.4, 0.5) is 0 Å². The molecule has 0 aromatic heterocycles. The summed E-state index contributed by atoms with van der Waals surface area (Å²) in [5.74, 6) is 7.02. The third-order valence-electron chi connectivity index (χ3n) is 3.38. The first kappa shape index (κ1) is 15.5. The quantitative estimate of drug-likeness (QED) is 0.585. The first-order valence-electron chi connectivity index (χ1n) is 6.94. The van der Waals surface area contributed by atoms with E-state index >= 15 is 0 Å². The summed E-state index contributed by atoms with van der Waals surface area (Å²) in [4.78, 5) is 0. The van der Waals surface area contributed by atoms with Gasteiger partial charge in [-0.25, -0.2) is 0 Å². The number of aryl methyl sites for hydroxylation is 3. The van der Waals surface area contributed by atoms with Gasteiger partial charge < -0.3 is 4.74 Å². The fourth-order valence-corrected chi connectivity index (χ4v) is 2.43. The second-order valence-electron chi connectivity index (χ2n) is 5.13. The highest BCUT2D eigenvalue weighted by molar-refractivity contribution is 6.19. The molecule has 0 amide bonds. The zero-order valence-corrected chi connectivity index (χ0v) is 13.4. The van der Waals surface area contributed by atoms with Crippen LogP contribution in [0.5, 0.6) is 5.75 Å². The molecule has 0 radical (unpaired) electrons. The summed E-state index contributed by atoms with van der Waals surface area (Å²) in [6, 6.07) is 12.2. The molecule has 2 aromatic carbocycles. The molecule has 2 heteroatoms. The first-order valence-corrected chi connectivity index (χ1v) is 7.48. The molecular formula is C19H19ClO. The molecule has 108 valence electrons. The zero-order valence-electron chi connectivity index (χ0n) is 12.7. The van der Waals surface area contributed by atoms with Crippen molar-refractivity contribution < 1.29 is 4.74 Å². The van der Waals surface area contributed by atoms with E-state index in [1.54, 1.807) is 0 Å². The van der Waals surface area contributed by atoms with E-state index in [-0.39, 0.29) is 0 Å². The molecule has 0 aliphatic heterocycles. The topological polar surface area (TPSA) is 9.23 Å². The van der Waals surface area contributed by atoms with Gasteiger partial charge in [-0.3, -0.25) is 0 Å². The molecule has 0 atom stereocenters. The second-order valence-corrected chi connectivity index (χ2v) is 5.39. The van der Waals surface area contributed by atoms with Gasteiger partial charge in [-0.15, -0.1) is 11.6 Å². The van der Waals surface area contributed by atoms with Crippen LogP contribution in [-0.2, 0) is 6.61 Å². The van der Waals surface area contributed by atoms with Crippen molar-refractivity contribution in [2.24, 2.45) is 0 Å². The van der Waals surface area contributed by atoms with E-state index in [1.165, 1.54) is 22.3 Å². The molecule has 21 heavy (non-hydrogen) atoms. The second kappa shape index (κ2) is 7.20. The first-order chi connectivity index (χ1) is 10.1. The predicted molar refractivity (Wildman–Crippen MR) is 89.0 cm³/mol. The number of hydrogen-bond acceptors (Lipinski definition) is 1. The summed E-state index contributed by atoms with van der Waals surface area (Å²) >= 11 is 5.54. The van der Waals surface area contributed by atoms with Crippen molar-refractivity contribution in [2.75, 3.05) is 5.88 Å². The molecule has 0 N–H and O–H groups in total. The van der Waals surface area contributed by atoms with Gasteiger partial charge in [0.1, 0.15) is 12.4 Å². The lowest BCUT2D eigenvalue weighted by Gasteiger charge is -2.12. The summed E-state index contributed by atoms with van der Waals surface area (Å²) < 4.78 is 5.88. The van der Waals surface area contributed by atoms with Crippen LogP contribution in [0, 0.1) is 32.6 Å². The van der Waals surface area contributed by atoms with E-state index in [9.17, 15) is 0 Å². The molecule has 0 heterocycles. The van der Waals surface area contributed by atoms with Crippen LogP contribution in [0.15, 0.2) is 36.4 Å². The van der Waals surface area contributed by atoms with Crippen molar-refractivity contribution in [3.8, 4) is 17.6 Å². The highest BCUT2D eigenvalue weighted by Crippen LogP contribution is 2.19. The molecule has 0 spiro atoms. The van der Waals surface area contributed by atoms with Gasteiger partial charge in [-0.2, -0.15) is 0 Å². The van der Waals surface area contributed by atoms with E-state index < -0.39 is 0 Å². The molecule has 2 rings (SSSR count). The fourth-order valence-electron chi connectivity index (χ4n) is 2.36. The van der Waals surface area contributed by atoms with Crippen LogP contribution >= 0.6 is 11.6 Å². The summed E-state index contributed by atoms with van der Waals surface area (Å²) in [7, 11) is 0. The predicted octanol–water partition coefficient (Wildman–Crippen LogP) is 4.78. The third kappa shape index (κ3) is 4.28. The normalized spacial score (nSPS) is 9.90. The minimum atomic E-state index is 0.351. The average Bonchev–Trinajstić information content (AvgIpc) is 2.45. The number of alkyl halides is 1. The van der Waals surface area contributed by atoms with Gasteiger partial charge in [0.15, 0.2) is 0 Å². The lowest BCUT2D eigenvalue weighted by atomic mass is 10.0. The summed E-state index contributed by atoms with van der Waals surface area (Å²) in [5, 5.41) is 0. The molecular weight excluding hydrogens is 280 g/mol. The maximum Gasteiger partial charge on any atom is 0.119 e. The minimum absolute atomic E-state index is 0.351. The Bertz CT molecular complexity index is 652. The highest BCUT2D eigenvalue weighted by Gasteiger charge is 2.05. The Kier molecular flexibility index (Phi) is 5.31. The van der Waals surface area contributed by atoms with Gasteiger partial charge in [0.25, 0.3) is 0 Å². The zero-order chi connectivity index (χ0) is 15.2. The van der Waals surface area contributed by atoms with Crippen LogP contribution in [0.1, 0.15) is 27.8 Å². The van der Waals surface area contributed by atoms with E-state index in [0.717, 1.165) is 11.3 Å². The van der Waals surface area contributed by atoms with Gasteiger partial charge >= 0.3 is 0 Å². The van der Waals surface area contributed by atoms with Gasteiger partial charge in [0, 0.05) is 5.56 Å². The van der Waals surface area contributed by atoms with Crippen LogP contribution in [0.3, 0.4) is 0 Å². The van der Waals surface area contributed by atoms with E-state index in [4.69, 9.17) is 16.3 Å². The van der Waals surface area contributed by atoms with Crippen molar-refractivity contribution in [1.82, 2.24) is 0 Å². The number of benzene rings is 2. The van der Waals surface area contributed by atoms with Crippen LogP contribution in [0.2, 0.25) is 0 Å². The monoisotopic (exact) mass is 298 g/mol. The third-order valence-corrected chi connectivity index (χ3v) is 3.51. The smallest absolute Gasteiger partial charge is 0.119 e. The van der Waals surface area contributed by atoms with Gasteiger partial charge in [-0.05, 0) is 61.7 Å². The molecule has 2 aromatic rings. The largest absolute Gasteiger partial charge is 0.489 e. The molecule has 0 unspecified atom stereocenters. The maximum atomic E-state index is 5.88. The van der Waals surface area contributed by atoms with Crippen LogP contribution < -0.4 is 4.74 Å². The summed E-state index contributed by atoms with van der Waals surface area (Å²) in [5.41, 5.74) is 6.04. The summed E-state index contributed by atoms with van der Waals surface area (Å²) in [6.07, 6.45) is 0. The van der Waals surface area contributed by atoms with Crippen molar-refractivity contribution >= 4 is 11.6 Å². The van der Waals surface area contributed by atoms with Crippen molar-refractivity contribution in [1.29, 1.82) is 0 Å². The average molecular weight is 299 g/mol. The Hall–Kier alpha value is -1.91. The Morgan fingerprint density at radius 2 is 1.62 bits per heavy atom. The van der Waals surface area contributed by atoms with Crippen LogP contribution in [-0.4, -0.2) is 5.88 Å². The van der Waals surface area contributed by atoms with Crippen molar-refractivity contribution in [3.05, 3.63) is 64.2 Å². The maximum absolute atomic E-state index is 5.88. The fraction of sp³-hybridized carbons (Fsp3) is 0.263. The Morgan fingerprint density at radius 1 is 1.00 bits per heavy atom. The molecule has 0 aliphatic rings.